The Morgan fingerprint density at radius 3 is 2.22 bits per heavy atom. The zero-order chi connectivity index (χ0) is 26.5. The number of urea groups is 1. The first kappa shape index (κ1) is 26.8. The van der Waals surface area contributed by atoms with E-state index in [9.17, 15) is 22.8 Å². The van der Waals surface area contributed by atoms with Gasteiger partial charge in [0.2, 0.25) is 5.91 Å². The fraction of sp³-hybridized carbons (Fsp3) is 0.346. The highest BCUT2D eigenvalue weighted by Gasteiger charge is 2.34. The van der Waals surface area contributed by atoms with Gasteiger partial charge in [0.25, 0.3) is 0 Å². The van der Waals surface area contributed by atoms with Gasteiger partial charge in [0.15, 0.2) is 0 Å². The molecule has 3 rings (SSSR count). The number of hydrogen-bond donors (Lipinski definition) is 2. The molecule has 36 heavy (non-hydrogen) atoms. The van der Waals surface area contributed by atoms with Crippen LogP contribution in [0.2, 0.25) is 0 Å². The van der Waals surface area contributed by atoms with Crippen molar-refractivity contribution in [2.45, 2.75) is 45.7 Å². The minimum atomic E-state index is -4.63. The van der Waals surface area contributed by atoms with Crippen molar-refractivity contribution in [1.29, 1.82) is 0 Å². The standard InChI is InChI=1S/C26H30F3N5O2/c1-5-15-33(24(36)30-20-14-10-9-13-19(20)26(27,28)29)17-23(35)31-22-16-21(25(2,3)4)32-34(22)18-11-7-6-8-12-18/h6-14,16H,5,15,17H2,1-4H3,(H,30,36)(H,31,35). The van der Waals surface area contributed by atoms with Crippen LogP contribution in [0.1, 0.15) is 45.4 Å². The van der Waals surface area contributed by atoms with Crippen LogP contribution >= 0.6 is 0 Å². The second kappa shape index (κ2) is 10.8. The molecule has 1 aromatic heterocycles. The molecule has 3 amide bonds. The van der Waals surface area contributed by atoms with E-state index in [0.29, 0.717) is 12.2 Å². The second-order valence-electron chi connectivity index (χ2n) is 9.36. The number of benzene rings is 2. The zero-order valence-electron chi connectivity index (χ0n) is 20.7. The molecule has 192 valence electrons. The Morgan fingerprint density at radius 2 is 1.61 bits per heavy atom. The number of para-hydroxylation sites is 2. The Labute approximate surface area is 208 Å². The lowest BCUT2D eigenvalue weighted by Gasteiger charge is -2.23. The highest BCUT2D eigenvalue weighted by Crippen LogP contribution is 2.34. The summed E-state index contributed by atoms with van der Waals surface area (Å²) in [6.45, 7) is 7.65. The van der Waals surface area contributed by atoms with E-state index in [-0.39, 0.29) is 24.2 Å². The molecule has 2 N–H and O–H groups in total. The Bertz CT molecular complexity index is 1200. The molecule has 0 aliphatic heterocycles. The Morgan fingerprint density at radius 1 is 0.972 bits per heavy atom. The van der Waals surface area contributed by atoms with Gasteiger partial charge in [-0.3, -0.25) is 4.79 Å². The third-order valence-corrected chi connectivity index (χ3v) is 5.34. The number of hydrogen-bond acceptors (Lipinski definition) is 3. The lowest BCUT2D eigenvalue weighted by molar-refractivity contribution is -0.137. The van der Waals surface area contributed by atoms with Crippen molar-refractivity contribution in [3.05, 3.63) is 71.9 Å². The number of anilines is 2. The monoisotopic (exact) mass is 501 g/mol. The zero-order valence-corrected chi connectivity index (χ0v) is 20.7. The molecule has 0 bridgehead atoms. The van der Waals surface area contributed by atoms with Gasteiger partial charge in [-0.2, -0.15) is 18.3 Å². The molecular weight excluding hydrogens is 471 g/mol. The first-order valence-corrected chi connectivity index (χ1v) is 11.6. The molecule has 0 saturated heterocycles. The molecule has 7 nitrogen and oxygen atoms in total. The van der Waals surface area contributed by atoms with Gasteiger partial charge in [0, 0.05) is 18.0 Å². The number of carbonyl (C=O) groups excluding carboxylic acids is 2. The summed E-state index contributed by atoms with van der Waals surface area (Å²) in [5, 5.41) is 9.75. The smallest absolute Gasteiger partial charge is 0.315 e. The molecule has 0 fully saturated rings. The molecule has 0 aliphatic rings. The summed E-state index contributed by atoms with van der Waals surface area (Å²) in [5.74, 6) is -0.0735. The summed E-state index contributed by atoms with van der Waals surface area (Å²) in [4.78, 5) is 27.0. The maximum Gasteiger partial charge on any atom is 0.418 e. The van der Waals surface area contributed by atoms with E-state index in [1.165, 1.54) is 23.1 Å². The lowest BCUT2D eigenvalue weighted by atomic mass is 9.92. The number of carbonyl (C=O) groups is 2. The number of nitrogens with zero attached hydrogens (tertiary/aromatic N) is 3. The van der Waals surface area contributed by atoms with E-state index < -0.39 is 23.7 Å². The molecule has 3 aromatic rings. The van der Waals surface area contributed by atoms with Crippen LogP contribution in [0.4, 0.5) is 29.5 Å². The molecular formula is C26H30F3N5O2. The summed E-state index contributed by atoms with van der Waals surface area (Å²) in [6, 6.07) is 15.0. The predicted molar refractivity (Wildman–Crippen MR) is 133 cm³/mol. The van der Waals surface area contributed by atoms with Gasteiger partial charge in [0.1, 0.15) is 12.4 Å². The van der Waals surface area contributed by atoms with Crippen molar-refractivity contribution in [3.63, 3.8) is 0 Å². The third-order valence-electron chi connectivity index (χ3n) is 5.34. The maximum absolute atomic E-state index is 13.3. The van der Waals surface area contributed by atoms with Crippen LogP contribution in [0.3, 0.4) is 0 Å². The fourth-order valence-electron chi connectivity index (χ4n) is 3.51. The molecule has 0 spiro atoms. The maximum atomic E-state index is 13.3. The van der Waals surface area contributed by atoms with Crippen LogP contribution in [0.15, 0.2) is 60.7 Å². The van der Waals surface area contributed by atoms with Crippen LogP contribution in [0, 0.1) is 0 Å². The number of rotatable bonds is 7. The average Bonchev–Trinajstić information content (AvgIpc) is 3.23. The predicted octanol–water partition coefficient (Wildman–Crippen LogP) is 6.07. The van der Waals surface area contributed by atoms with Crippen molar-refractivity contribution in [1.82, 2.24) is 14.7 Å². The van der Waals surface area contributed by atoms with Gasteiger partial charge < -0.3 is 15.5 Å². The molecule has 0 aliphatic carbocycles. The van der Waals surface area contributed by atoms with Crippen LogP contribution in [0.5, 0.6) is 0 Å². The van der Waals surface area contributed by atoms with Gasteiger partial charge in [-0.25, -0.2) is 9.48 Å². The van der Waals surface area contributed by atoms with Crippen molar-refractivity contribution in [2.24, 2.45) is 0 Å². The summed E-state index contributed by atoms with van der Waals surface area (Å²) >= 11 is 0. The first-order chi connectivity index (χ1) is 16.9. The van der Waals surface area contributed by atoms with E-state index >= 15 is 0 Å². The third kappa shape index (κ3) is 6.65. The van der Waals surface area contributed by atoms with Crippen molar-refractivity contribution in [3.8, 4) is 5.69 Å². The number of amides is 3. The van der Waals surface area contributed by atoms with Gasteiger partial charge >= 0.3 is 12.2 Å². The largest absolute Gasteiger partial charge is 0.418 e. The van der Waals surface area contributed by atoms with Crippen LogP contribution in [0.25, 0.3) is 5.69 Å². The van der Waals surface area contributed by atoms with Crippen LogP contribution in [-0.4, -0.2) is 39.7 Å². The first-order valence-electron chi connectivity index (χ1n) is 11.6. The van der Waals surface area contributed by atoms with Gasteiger partial charge in [-0.15, -0.1) is 0 Å². The Hall–Kier alpha value is -3.82. The highest BCUT2D eigenvalue weighted by atomic mass is 19.4. The topological polar surface area (TPSA) is 79.3 Å². The number of alkyl halides is 3. The minimum Gasteiger partial charge on any atom is -0.315 e. The Kier molecular flexibility index (Phi) is 8.07. The lowest BCUT2D eigenvalue weighted by Crippen LogP contribution is -2.41. The van der Waals surface area contributed by atoms with Crippen LogP contribution in [-0.2, 0) is 16.4 Å². The highest BCUT2D eigenvalue weighted by molar-refractivity contribution is 5.97. The summed E-state index contributed by atoms with van der Waals surface area (Å²) in [6.07, 6.45) is -4.12. The number of halogens is 3. The second-order valence-corrected chi connectivity index (χ2v) is 9.36. The molecule has 2 aromatic carbocycles. The van der Waals surface area contributed by atoms with E-state index in [1.807, 2.05) is 58.0 Å². The Balaban J connectivity index is 1.80. The van der Waals surface area contributed by atoms with Crippen LogP contribution < -0.4 is 10.6 Å². The van der Waals surface area contributed by atoms with E-state index in [1.54, 1.807) is 10.7 Å². The van der Waals surface area contributed by atoms with Gasteiger partial charge in [0.05, 0.1) is 22.6 Å². The number of nitrogens with one attached hydrogen (secondary N) is 2. The molecule has 0 radical (unpaired) electrons. The van der Waals surface area contributed by atoms with E-state index in [0.717, 1.165) is 17.4 Å². The van der Waals surface area contributed by atoms with Gasteiger partial charge in [-0.1, -0.05) is 58.0 Å². The van der Waals surface area contributed by atoms with Crippen molar-refractivity contribution < 1.29 is 22.8 Å². The molecule has 0 unspecified atom stereocenters. The fourth-order valence-corrected chi connectivity index (χ4v) is 3.51. The molecule has 1 heterocycles. The molecule has 0 atom stereocenters. The van der Waals surface area contributed by atoms with Gasteiger partial charge in [-0.05, 0) is 30.7 Å². The summed E-state index contributed by atoms with van der Waals surface area (Å²) in [5.41, 5.74) is -0.0996. The summed E-state index contributed by atoms with van der Waals surface area (Å²) < 4.78 is 41.6. The molecule has 0 saturated carbocycles. The normalized spacial score (nSPS) is 11.8. The minimum absolute atomic E-state index is 0.179. The van der Waals surface area contributed by atoms with E-state index in [4.69, 9.17) is 0 Å². The SMILES string of the molecule is CCCN(CC(=O)Nc1cc(C(C)(C)C)nn1-c1ccccc1)C(=O)Nc1ccccc1C(F)(F)F. The van der Waals surface area contributed by atoms with Crippen molar-refractivity contribution in [2.75, 3.05) is 23.7 Å². The van der Waals surface area contributed by atoms with Crippen molar-refractivity contribution >= 4 is 23.4 Å². The average molecular weight is 502 g/mol. The molecule has 10 heteroatoms. The quantitative estimate of drug-likeness (QED) is 0.412. The van der Waals surface area contributed by atoms with E-state index in [2.05, 4.69) is 15.7 Å². The number of aromatic nitrogens is 2. The summed E-state index contributed by atoms with van der Waals surface area (Å²) in [7, 11) is 0.